The van der Waals surface area contributed by atoms with E-state index in [9.17, 15) is 19.2 Å². The minimum atomic E-state index is -1.14. The summed E-state index contributed by atoms with van der Waals surface area (Å²) in [6.45, 7) is 13.3. The van der Waals surface area contributed by atoms with Crippen molar-refractivity contribution in [3.8, 4) is 5.75 Å². The second-order valence-electron chi connectivity index (χ2n) is 12.6. The summed E-state index contributed by atoms with van der Waals surface area (Å²) in [4.78, 5) is 56.3. The second-order valence-corrected chi connectivity index (χ2v) is 13.0. The first-order chi connectivity index (χ1) is 22.7. The van der Waals surface area contributed by atoms with E-state index in [4.69, 9.17) is 21.1 Å². The largest absolute Gasteiger partial charge is 0.480 e. The summed E-state index contributed by atoms with van der Waals surface area (Å²) in [6, 6.07) is 19.1. The van der Waals surface area contributed by atoms with Gasteiger partial charge in [-0.3, -0.25) is 19.3 Å². The number of urea groups is 1. The molecule has 1 aliphatic rings. The predicted octanol–water partition coefficient (Wildman–Crippen LogP) is 7.45. The lowest BCUT2D eigenvalue weighted by Gasteiger charge is -2.24. The van der Waals surface area contributed by atoms with Gasteiger partial charge in [0, 0.05) is 24.1 Å². The SMILES string of the molecule is CCOC1C(=O)N(/C=C(/C(=O)Nc2cc(NC(=O)C(CC)Oc3ccc(C)cc3C)ccc2Cl)C(C)(C)C)C(=O)N1Cc1ccccc1. The van der Waals surface area contributed by atoms with E-state index in [-0.39, 0.29) is 35.3 Å². The number of benzene rings is 3. The van der Waals surface area contributed by atoms with Gasteiger partial charge in [0.15, 0.2) is 6.10 Å². The molecule has 254 valence electrons. The number of carbonyl (C=O) groups is 4. The van der Waals surface area contributed by atoms with E-state index in [1.165, 1.54) is 11.1 Å². The number of amides is 5. The van der Waals surface area contributed by atoms with Gasteiger partial charge >= 0.3 is 6.03 Å². The number of aryl methyl sites for hydroxylation is 2. The normalized spacial score (nSPS) is 15.8. The molecule has 3 aromatic carbocycles. The molecule has 3 aromatic rings. The van der Waals surface area contributed by atoms with Crippen molar-refractivity contribution in [3.63, 3.8) is 0 Å². The number of hydrogen-bond acceptors (Lipinski definition) is 6. The molecule has 2 N–H and O–H groups in total. The zero-order chi connectivity index (χ0) is 35.2. The molecule has 48 heavy (non-hydrogen) atoms. The summed E-state index contributed by atoms with van der Waals surface area (Å²) in [5.74, 6) is -0.905. The number of anilines is 2. The number of carbonyl (C=O) groups excluding carboxylic acids is 4. The Morgan fingerprint density at radius 2 is 1.69 bits per heavy atom. The minimum absolute atomic E-state index is 0.152. The predicted molar refractivity (Wildman–Crippen MR) is 187 cm³/mol. The Morgan fingerprint density at radius 1 is 0.979 bits per heavy atom. The van der Waals surface area contributed by atoms with Crippen LogP contribution >= 0.6 is 11.6 Å². The van der Waals surface area contributed by atoms with Crippen molar-refractivity contribution in [2.45, 2.75) is 73.8 Å². The maximum atomic E-state index is 13.8. The van der Waals surface area contributed by atoms with Crippen LogP contribution in [0, 0.1) is 19.3 Å². The standard InChI is InChI=1S/C37H43ClN4O6/c1-8-30(48-31-18-15-23(3)19-24(31)4)33(44)39-26-16-17-28(38)29(20-26)40-32(43)27(37(5,6)7)22-41-34(45)35(47-9-2)42(36(41)46)21-25-13-11-10-12-14-25/h10-20,22,30,35H,8-9,21H2,1-7H3,(H,39,44)(H,40,43)/b27-22-. The van der Waals surface area contributed by atoms with Crippen LogP contribution in [-0.4, -0.2) is 52.5 Å². The Bertz CT molecular complexity index is 1700. The molecule has 0 radical (unpaired) electrons. The molecule has 10 nitrogen and oxygen atoms in total. The van der Waals surface area contributed by atoms with Crippen molar-refractivity contribution in [1.82, 2.24) is 9.80 Å². The summed E-state index contributed by atoms with van der Waals surface area (Å²) in [7, 11) is 0. The summed E-state index contributed by atoms with van der Waals surface area (Å²) < 4.78 is 11.7. The van der Waals surface area contributed by atoms with E-state index < -0.39 is 35.6 Å². The summed E-state index contributed by atoms with van der Waals surface area (Å²) in [6.07, 6.45) is -0.194. The number of ether oxygens (including phenoxy) is 2. The minimum Gasteiger partial charge on any atom is -0.480 e. The van der Waals surface area contributed by atoms with E-state index in [1.54, 1.807) is 45.9 Å². The molecular formula is C37H43ClN4O6. The maximum Gasteiger partial charge on any atom is 0.333 e. The van der Waals surface area contributed by atoms with Crippen molar-refractivity contribution >= 4 is 46.7 Å². The Kier molecular flexibility index (Phi) is 11.7. The van der Waals surface area contributed by atoms with Gasteiger partial charge in [0.25, 0.3) is 17.7 Å². The van der Waals surface area contributed by atoms with Gasteiger partial charge in [-0.1, -0.05) is 87.3 Å². The topological polar surface area (TPSA) is 117 Å². The van der Waals surface area contributed by atoms with E-state index >= 15 is 0 Å². The average molecular weight is 675 g/mol. The van der Waals surface area contributed by atoms with Gasteiger partial charge in [0.2, 0.25) is 6.23 Å². The highest BCUT2D eigenvalue weighted by Gasteiger charge is 2.46. The van der Waals surface area contributed by atoms with Crippen LogP contribution in [0.25, 0.3) is 0 Å². The third-order valence-electron chi connectivity index (χ3n) is 7.76. The number of nitrogens with one attached hydrogen (secondary N) is 2. The first-order valence-corrected chi connectivity index (χ1v) is 16.3. The van der Waals surface area contributed by atoms with E-state index in [1.807, 2.05) is 69.3 Å². The molecule has 0 saturated carbocycles. The Hall–Kier alpha value is -4.67. The van der Waals surface area contributed by atoms with Crippen molar-refractivity contribution in [3.05, 3.63) is 100 Å². The molecule has 0 aromatic heterocycles. The van der Waals surface area contributed by atoms with E-state index in [2.05, 4.69) is 10.6 Å². The van der Waals surface area contributed by atoms with Gasteiger partial charge in [0.05, 0.1) is 17.3 Å². The zero-order valence-electron chi connectivity index (χ0n) is 28.4. The maximum absolute atomic E-state index is 13.8. The second kappa shape index (κ2) is 15.5. The number of hydrogen-bond donors (Lipinski definition) is 2. The number of imide groups is 1. The van der Waals surface area contributed by atoms with E-state index in [0.29, 0.717) is 17.9 Å². The van der Waals surface area contributed by atoms with Crippen LogP contribution in [0.3, 0.4) is 0 Å². The fourth-order valence-corrected chi connectivity index (χ4v) is 5.36. The van der Waals surface area contributed by atoms with Gasteiger partial charge in [-0.15, -0.1) is 0 Å². The molecule has 5 amide bonds. The third kappa shape index (κ3) is 8.62. The fraction of sp³-hybridized carbons (Fsp3) is 0.351. The molecule has 1 aliphatic heterocycles. The van der Waals surface area contributed by atoms with Crippen LogP contribution in [0.2, 0.25) is 5.02 Å². The summed E-state index contributed by atoms with van der Waals surface area (Å²) in [5.41, 5.74) is 2.83. The van der Waals surface area contributed by atoms with Gasteiger partial charge in [-0.25, -0.2) is 9.69 Å². The van der Waals surface area contributed by atoms with Gasteiger partial charge in [-0.2, -0.15) is 0 Å². The molecule has 11 heteroatoms. The third-order valence-corrected chi connectivity index (χ3v) is 8.09. The lowest BCUT2D eigenvalue weighted by Crippen LogP contribution is -2.36. The van der Waals surface area contributed by atoms with Gasteiger partial charge < -0.3 is 20.1 Å². The molecule has 1 fully saturated rings. The molecular weight excluding hydrogens is 632 g/mol. The summed E-state index contributed by atoms with van der Waals surface area (Å²) in [5, 5.41) is 5.88. The molecule has 1 heterocycles. The Morgan fingerprint density at radius 3 is 2.31 bits per heavy atom. The zero-order valence-corrected chi connectivity index (χ0v) is 29.2. The smallest absolute Gasteiger partial charge is 0.333 e. The molecule has 4 rings (SSSR count). The van der Waals surface area contributed by atoms with Crippen molar-refractivity contribution < 1.29 is 28.7 Å². The molecule has 0 bridgehead atoms. The highest BCUT2D eigenvalue weighted by Crippen LogP contribution is 2.32. The van der Waals surface area contributed by atoms with Gasteiger partial charge in [-0.05, 0) is 68.0 Å². The van der Waals surface area contributed by atoms with Crippen molar-refractivity contribution in [2.24, 2.45) is 5.41 Å². The highest BCUT2D eigenvalue weighted by atomic mass is 35.5. The van der Waals surface area contributed by atoms with Crippen molar-refractivity contribution in [1.29, 1.82) is 0 Å². The van der Waals surface area contributed by atoms with Crippen LogP contribution in [0.15, 0.2) is 78.5 Å². The first kappa shape index (κ1) is 36.2. The monoisotopic (exact) mass is 674 g/mol. The lowest BCUT2D eigenvalue weighted by molar-refractivity contribution is -0.140. The van der Waals surface area contributed by atoms with Crippen LogP contribution in [0.5, 0.6) is 5.75 Å². The lowest BCUT2D eigenvalue weighted by atomic mass is 9.86. The number of rotatable bonds is 12. The summed E-state index contributed by atoms with van der Waals surface area (Å²) >= 11 is 6.48. The number of halogens is 1. The molecule has 1 saturated heterocycles. The molecule has 2 unspecified atom stereocenters. The van der Waals surface area contributed by atoms with Crippen LogP contribution < -0.4 is 15.4 Å². The molecule has 2 atom stereocenters. The highest BCUT2D eigenvalue weighted by molar-refractivity contribution is 6.34. The molecule has 0 aliphatic carbocycles. The first-order valence-electron chi connectivity index (χ1n) is 15.9. The van der Waals surface area contributed by atoms with Crippen molar-refractivity contribution in [2.75, 3.05) is 17.2 Å². The average Bonchev–Trinajstić information content (AvgIpc) is 3.24. The van der Waals surface area contributed by atoms with Crippen LogP contribution in [0.1, 0.15) is 57.7 Å². The van der Waals surface area contributed by atoms with Crippen LogP contribution in [0.4, 0.5) is 16.2 Å². The number of nitrogens with zero attached hydrogens (tertiary/aromatic N) is 2. The van der Waals surface area contributed by atoms with Gasteiger partial charge in [0.1, 0.15) is 5.75 Å². The molecule has 0 spiro atoms. The Labute approximate surface area is 287 Å². The quantitative estimate of drug-likeness (QED) is 0.152. The fourth-order valence-electron chi connectivity index (χ4n) is 5.19. The van der Waals surface area contributed by atoms with Crippen LogP contribution in [-0.2, 0) is 25.7 Å². The van der Waals surface area contributed by atoms with E-state index in [0.717, 1.165) is 21.6 Å². The Balaban J connectivity index is 1.55.